The molecule has 0 spiro atoms. The Bertz CT molecular complexity index is 949. The number of amidine groups is 1. The summed E-state index contributed by atoms with van der Waals surface area (Å²) in [5.41, 5.74) is 1.33. The number of aliphatic imine (C=N–C) groups is 2. The molecule has 1 atom stereocenters. The van der Waals surface area contributed by atoms with E-state index in [4.69, 9.17) is 9.73 Å². The molecule has 3 aliphatic rings. The number of nitrogens with zero attached hydrogens (tertiary/aromatic N) is 5. The second-order valence-corrected chi connectivity index (χ2v) is 7.99. The number of hydrogen-bond donors (Lipinski definition) is 2. The molecule has 0 aliphatic carbocycles. The van der Waals surface area contributed by atoms with Gasteiger partial charge in [0.2, 0.25) is 5.96 Å². The molecular weight excluding hydrogens is 386 g/mol. The van der Waals surface area contributed by atoms with Crippen molar-refractivity contribution in [1.29, 1.82) is 0 Å². The Labute approximate surface area is 178 Å². The van der Waals surface area contributed by atoms with Crippen LogP contribution >= 0.6 is 0 Å². The number of rotatable bonds is 3. The van der Waals surface area contributed by atoms with Crippen LogP contribution in [-0.2, 0) is 4.74 Å². The molecule has 2 fully saturated rings. The Balaban J connectivity index is 0.00000181. The number of likely N-dealkylation sites (N-methyl/N-ethyl adjacent to an activating group) is 1. The van der Waals surface area contributed by atoms with E-state index in [1.165, 1.54) is 0 Å². The highest BCUT2D eigenvalue weighted by Gasteiger charge is 2.54. The lowest BCUT2D eigenvalue weighted by atomic mass is 9.98. The standard InChI is InChI=1S/C20H27N7O3.2H2/c1-12-9-14(16(28)21-3)22-10-15(12)24-18-23-11-20(2)17(25-18)27(19(29)26(20)4)13-5-7-30-8-6-13;;/h9-10,13H,5-8,11H2,1-4H3,(H,21,28)(H,23,24);2*1H. The quantitative estimate of drug-likeness (QED) is 0.778. The number of amides is 3. The lowest BCUT2D eigenvalue weighted by Gasteiger charge is -2.34. The number of anilines is 1. The first-order valence-electron chi connectivity index (χ1n) is 10.1. The van der Waals surface area contributed by atoms with Gasteiger partial charge in [0.05, 0.1) is 18.4 Å². The third kappa shape index (κ3) is 3.30. The summed E-state index contributed by atoms with van der Waals surface area (Å²) in [5.74, 6) is 0.905. The van der Waals surface area contributed by atoms with E-state index in [-0.39, 0.29) is 20.8 Å². The molecule has 2 saturated heterocycles. The molecule has 0 radical (unpaired) electrons. The minimum atomic E-state index is -0.572. The van der Waals surface area contributed by atoms with Crippen LogP contribution in [-0.4, -0.2) is 84.0 Å². The molecule has 30 heavy (non-hydrogen) atoms. The van der Waals surface area contributed by atoms with Crippen molar-refractivity contribution in [2.45, 2.75) is 38.3 Å². The number of fused-ring (bicyclic) bond motifs is 1. The largest absolute Gasteiger partial charge is 0.381 e. The fraction of sp³-hybridized carbons (Fsp3) is 0.550. The van der Waals surface area contributed by atoms with Gasteiger partial charge in [0.25, 0.3) is 5.91 Å². The number of carbonyl (C=O) groups is 2. The van der Waals surface area contributed by atoms with Gasteiger partial charge in [-0.2, -0.15) is 4.99 Å². The summed E-state index contributed by atoms with van der Waals surface area (Å²) in [4.78, 5) is 41.9. The molecular formula is C20H31N7O3. The number of urea groups is 1. The number of nitrogens with one attached hydrogen (secondary N) is 2. The number of aryl methyl sites for hydroxylation is 1. The predicted molar refractivity (Wildman–Crippen MR) is 117 cm³/mol. The summed E-state index contributed by atoms with van der Waals surface area (Å²) < 4.78 is 5.47. The molecule has 10 nitrogen and oxygen atoms in total. The average molecular weight is 418 g/mol. The monoisotopic (exact) mass is 417 g/mol. The van der Waals surface area contributed by atoms with Gasteiger partial charge >= 0.3 is 6.03 Å². The minimum Gasteiger partial charge on any atom is -0.381 e. The van der Waals surface area contributed by atoms with E-state index in [2.05, 4.69) is 20.6 Å². The number of aromatic nitrogens is 1. The van der Waals surface area contributed by atoms with E-state index in [9.17, 15) is 9.59 Å². The van der Waals surface area contributed by atoms with Crippen LogP contribution in [0.25, 0.3) is 0 Å². The van der Waals surface area contributed by atoms with Gasteiger partial charge in [-0.3, -0.25) is 9.69 Å². The highest BCUT2D eigenvalue weighted by molar-refractivity contribution is 6.16. The van der Waals surface area contributed by atoms with Crippen LogP contribution in [0.2, 0.25) is 0 Å². The summed E-state index contributed by atoms with van der Waals surface area (Å²) in [7, 11) is 3.37. The van der Waals surface area contributed by atoms with Crippen LogP contribution in [0.5, 0.6) is 0 Å². The number of guanidine groups is 1. The van der Waals surface area contributed by atoms with Crippen molar-refractivity contribution in [2.75, 3.05) is 39.2 Å². The van der Waals surface area contributed by atoms with E-state index in [0.717, 1.165) is 18.4 Å². The van der Waals surface area contributed by atoms with Crippen LogP contribution in [0.4, 0.5) is 10.5 Å². The Morgan fingerprint density at radius 2 is 2.10 bits per heavy atom. The highest BCUT2D eigenvalue weighted by atomic mass is 16.5. The third-order valence-corrected chi connectivity index (χ3v) is 6.06. The normalized spacial score (nSPS) is 24.3. The Morgan fingerprint density at radius 1 is 1.37 bits per heavy atom. The SMILES string of the molecule is CNC(=O)c1cc(C)c(NC2=NCC3(C)C(=N2)N(C2CCOCC2)C(=O)N3C)cn1.[HH].[HH]. The van der Waals surface area contributed by atoms with E-state index < -0.39 is 5.54 Å². The van der Waals surface area contributed by atoms with Crippen molar-refractivity contribution in [2.24, 2.45) is 9.98 Å². The summed E-state index contributed by atoms with van der Waals surface area (Å²) in [6.45, 7) is 5.58. The van der Waals surface area contributed by atoms with Gasteiger partial charge in [0.1, 0.15) is 17.1 Å². The second-order valence-electron chi connectivity index (χ2n) is 7.99. The van der Waals surface area contributed by atoms with Gasteiger partial charge in [-0.15, -0.1) is 0 Å². The molecule has 164 valence electrons. The molecule has 0 saturated carbocycles. The van der Waals surface area contributed by atoms with Gasteiger partial charge in [0, 0.05) is 36.2 Å². The van der Waals surface area contributed by atoms with Crippen LogP contribution in [0.3, 0.4) is 0 Å². The number of hydrogen-bond acceptors (Lipinski definition) is 7. The summed E-state index contributed by atoms with van der Waals surface area (Å²) in [6, 6.07) is 1.74. The predicted octanol–water partition coefficient (Wildman–Crippen LogP) is 1.73. The van der Waals surface area contributed by atoms with E-state index in [0.29, 0.717) is 42.9 Å². The van der Waals surface area contributed by atoms with Crippen LogP contribution in [0, 0.1) is 6.92 Å². The van der Waals surface area contributed by atoms with Gasteiger partial charge in [0.15, 0.2) is 0 Å². The first-order chi connectivity index (χ1) is 14.3. The Hall–Kier alpha value is -3.01. The molecule has 0 bridgehead atoms. The van der Waals surface area contributed by atoms with Crippen molar-refractivity contribution in [3.8, 4) is 0 Å². The van der Waals surface area contributed by atoms with Gasteiger partial charge in [-0.1, -0.05) is 0 Å². The molecule has 3 amide bonds. The lowest BCUT2D eigenvalue weighted by Crippen LogP contribution is -2.51. The van der Waals surface area contributed by atoms with E-state index in [1.807, 2.05) is 18.7 Å². The summed E-state index contributed by atoms with van der Waals surface area (Å²) >= 11 is 0. The average Bonchev–Trinajstić information content (AvgIpc) is 2.95. The zero-order valence-corrected chi connectivity index (χ0v) is 17.7. The third-order valence-electron chi connectivity index (χ3n) is 6.06. The first kappa shape index (κ1) is 20.3. The van der Waals surface area contributed by atoms with Crippen molar-refractivity contribution in [3.63, 3.8) is 0 Å². The van der Waals surface area contributed by atoms with E-state index in [1.54, 1.807) is 31.3 Å². The summed E-state index contributed by atoms with van der Waals surface area (Å²) in [6.07, 6.45) is 3.18. The molecule has 1 aromatic rings. The zero-order valence-electron chi connectivity index (χ0n) is 17.7. The summed E-state index contributed by atoms with van der Waals surface area (Å²) in [5, 5.41) is 5.77. The van der Waals surface area contributed by atoms with Crippen LogP contribution in [0.15, 0.2) is 22.2 Å². The number of pyridine rings is 1. The lowest BCUT2D eigenvalue weighted by molar-refractivity contribution is 0.0617. The van der Waals surface area contributed by atoms with Gasteiger partial charge in [-0.25, -0.2) is 14.8 Å². The Kier molecular flexibility index (Phi) is 5.19. The second kappa shape index (κ2) is 7.67. The zero-order chi connectivity index (χ0) is 21.5. The Morgan fingerprint density at radius 3 is 2.77 bits per heavy atom. The first-order valence-corrected chi connectivity index (χ1v) is 10.1. The van der Waals surface area contributed by atoms with Crippen LogP contribution in [0.1, 0.15) is 38.7 Å². The van der Waals surface area contributed by atoms with Crippen molar-refractivity contribution in [3.05, 3.63) is 23.5 Å². The molecule has 10 heteroatoms. The molecule has 1 aromatic heterocycles. The number of ether oxygens (including phenoxy) is 1. The molecule has 4 heterocycles. The smallest absolute Gasteiger partial charge is 0.326 e. The van der Waals surface area contributed by atoms with Crippen molar-refractivity contribution < 1.29 is 17.2 Å². The maximum Gasteiger partial charge on any atom is 0.326 e. The molecule has 0 aromatic carbocycles. The fourth-order valence-electron chi connectivity index (χ4n) is 3.99. The van der Waals surface area contributed by atoms with Gasteiger partial charge in [-0.05, 0) is 38.3 Å². The van der Waals surface area contributed by atoms with E-state index >= 15 is 0 Å². The maximum atomic E-state index is 13.0. The molecule has 4 rings (SSSR count). The fourth-order valence-corrected chi connectivity index (χ4v) is 3.99. The minimum absolute atomic E-state index is 0. The van der Waals surface area contributed by atoms with Gasteiger partial charge < -0.3 is 20.3 Å². The maximum absolute atomic E-state index is 13.0. The molecule has 3 aliphatic heterocycles. The highest BCUT2D eigenvalue weighted by Crippen LogP contribution is 2.34. The van der Waals surface area contributed by atoms with Crippen LogP contribution < -0.4 is 10.6 Å². The molecule has 1 unspecified atom stereocenters. The topological polar surface area (TPSA) is 112 Å². The van der Waals surface area contributed by atoms with Crippen molar-refractivity contribution in [1.82, 2.24) is 20.1 Å². The van der Waals surface area contributed by atoms with Crippen molar-refractivity contribution >= 4 is 29.4 Å². The number of carbonyl (C=O) groups excluding carboxylic acids is 2. The molecule has 2 N–H and O–H groups in total.